The van der Waals surface area contributed by atoms with Crippen LogP contribution in [0, 0.1) is 0 Å². The number of anilines is 1. The predicted octanol–water partition coefficient (Wildman–Crippen LogP) is 3.20. The first kappa shape index (κ1) is 7.86. The smallest absolute Gasteiger partial charge is 0.0452 e. The molecule has 0 fully saturated rings. The Hall–Kier alpha value is -1.50. The standard InChI is InChI=1S/C13H13N/c1-2-6-12-10(4-1)7-8-11-5-3-9-14-13(11)12/h1-2,4,6-8,14H,3,5,9H2. The number of aryl methyl sites for hydroxylation is 1. The topological polar surface area (TPSA) is 12.0 Å². The zero-order valence-corrected chi connectivity index (χ0v) is 8.09. The van der Waals surface area contributed by atoms with Gasteiger partial charge in [0.2, 0.25) is 0 Å². The first-order chi connectivity index (χ1) is 6.95. The minimum absolute atomic E-state index is 1.11. The lowest BCUT2D eigenvalue weighted by Crippen LogP contribution is -2.11. The van der Waals surface area contributed by atoms with E-state index >= 15 is 0 Å². The van der Waals surface area contributed by atoms with Crippen LogP contribution in [0.2, 0.25) is 0 Å². The van der Waals surface area contributed by atoms with Gasteiger partial charge in [0.15, 0.2) is 0 Å². The fourth-order valence-electron chi connectivity index (χ4n) is 2.23. The molecular weight excluding hydrogens is 170 g/mol. The largest absolute Gasteiger partial charge is 0.384 e. The highest BCUT2D eigenvalue weighted by Gasteiger charge is 2.10. The van der Waals surface area contributed by atoms with Crippen molar-refractivity contribution in [2.75, 3.05) is 11.9 Å². The Morgan fingerprint density at radius 3 is 2.93 bits per heavy atom. The Morgan fingerprint density at radius 1 is 1.00 bits per heavy atom. The SMILES string of the molecule is c1ccc2c3c(ccc2c1)CCCN3. The second-order valence-corrected chi connectivity index (χ2v) is 3.85. The van der Waals surface area contributed by atoms with Gasteiger partial charge < -0.3 is 5.32 Å². The summed E-state index contributed by atoms with van der Waals surface area (Å²) >= 11 is 0. The van der Waals surface area contributed by atoms with Gasteiger partial charge in [0.1, 0.15) is 0 Å². The van der Waals surface area contributed by atoms with Crippen LogP contribution in [0.25, 0.3) is 10.8 Å². The van der Waals surface area contributed by atoms with Crippen LogP contribution in [-0.2, 0) is 6.42 Å². The fraction of sp³-hybridized carbons (Fsp3) is 0.231. The molecule has 3 rings (SSSR count). The Balaban J connectivity index is 2.34. The van der Waals surface area contributed by atoms with Crippen molar-refractivity contribution in [3.8, 4) is 0 Å². The molecule has 0 aliphatic carbocycles. The van der Waals surface area contributed by atoms with Crippen molar-refractivity contribution in [3.05, 3.63) is 42.0 Å². The van der Waals surface area contributed by atoms with Gasteiger partial charge in [-0.15, -0.1) is 0 Å². The number of fused-ring (bicyclic) bond motifs is 3. The van der Waals surface area contributed by atoms with E-state index in [0.717, 1.165) is 6.54 Å². The highest BCUT2D eigenvalue weighted by Crippen LogP contribution is 2.30. The van der Waals surface area contributed by atoms with Crippen LogP contribution in [0.15, 0.2) is 36.4 Å². The summed E-state index contributed by atoms with van der Waals surface area (Å²) in [6.45, 7) is 1.11. The van der Waals surface area contributed by atoms with E-state index in [2.05, 4.69) is 41.7 Å². The van der Waals surface area contributed by atoms with Gasteiger partial charge in [-0.2, -0.15) is 0 Å². The van der Waals surface area contributed by atoms with E-state index in [1.807, 2.05) is 0 Å². The summed E-state index contributed by atoms with van der Waals surface area (Å²) in [7, 11) is 0. The highest BCUT2D eigenvalue weighted by molar-refractivity contribution is 5.95. The third-order valence-corrected chi connectivity index (χ3v) is 2.94. The molecule has 0 unspecified atom stereocenters. The molecule has 1 aliphatic heterocycles. The highest BCUT2D eigenvalue weighted by atomic mass is 14.9. The molecule has 14 heavy (non-hydrogen) atoms. The van der Waals surface area contributed by atoms with Crippen molar-refractivity contribution in [1.29, 1.82) is 0 Å². The molecule has 0 atom stereocenters. The van der Waals surface area contributed by atoms with Crippen LogP contribution >= 0.6 is 0 Å². The molecule has 0 spiro atoms. The number of nitrogens with one attached hydrogen (secondary N) is 1. The maximum atomic E-state index is 3.51. The van der Waals surface area contributed by atoms with Crippen molar-refractivity contribution in [2.24, 2.45) is 0 Å². The van der Waals surface area contributed by atoms with Crippen LogP contribution < -0.4 is 5.32 Å². The molecule has 1 heteroatoms. The quantitative estimate of drug-likeness (QED) is 0.661. The second kappa shape index (κ2) is 3.02. The maximum Gasteiger partial charge on any atom is 0.0452 e. The molecular formula is C13H13N. The van der Waals surface area contributed by atoms with E-state index in [-0.39, 0.29) is 0 Å². The molecule has 0 saturated heterocycles. The van der Waals surface area contributed by atoms with Gasteiger partial charge in [0.25, 0.3) is 0 Å². The first-order valence-corrected chi connectivity index (χ1v) is 5.20. The van der Waals surface area contributed by atoms with Gasteiger partial charge in [0, 0.05) is 17.6 Å². The third-order valence-electron chi connectivity index (χ3n) is 2.94. The molecule has 2 aromatic rings. The molecule has 0 aromatic heterocycles. The van der Waals surface area contributed by atoms with E-state index in [9.17, 15) is 0 Å². The molecule has 2 aromatic carbocycles. The van der Waals surface area contributed by atoms with Gasteiger partial charge in [0.05, 0.1) is 0 Å². The van der Waals surface area contributed by atoms with Crippen molar-refractivity contribution in [3.63, 3.8) is 0 Å². The summed E-state index contributed by atoms with van der Waals surface area (Å²) in [4.78, 5) is 0. The van der Waals surface area contributed by atoms with Crippen molar-refractivity contribution < 1.29 is 0 Å². The zero-order valence-electron chi connectivity index (χ0n) is 8.09. The average Bonchev–Trinajstić information content (AvgIpc) is 2.29. The van der Waals surface area contributed by atoms with Crippen LogP contribution in [0.5, 0.6) is 0 Å². The normalized spacial score (nSPS) is 14.9. The van der Waals surface area contributed by atoms with Gasteiger partial charge in [-0.05, 0) is 23.8 Å². The Labute approximate surface area is 83.8 Å². The Bertz CT molecular complexity index is 474. The monoisotopic (exact) mass is 183 g/mol. The maximum absolute atomic E-state index is 3.51. The molecule has 0 radical (unpaired) electrons. The van der Waals surface area contributed by atoms with Crippen LogP contribution in [0.4, 0.5) is 5.69 Å². The van der Waals surface area contributed by atoms with Crippen LogP contribution in [0.3, 0.4) is 0 Å². The van der Waals surface area contributed by atoms with Crippen molar-refractivity contribution >= 4 is 16.5 Å². The summed E-state index contributed by atoms with van der Waals surface area (Å²) in [5.41, 5.74) is 2.82. The molecule has 70 valence electrons. The zero-order chi connectivity index (χ0) is 9.38. The van der Waals surface area contributed by atoms with Crippen LogP contribution in [0.1, 0.15) is 12.0 Å². The molecule has 1 nitrogen and oxygen atoms in total. The molecule has 0 amide bonds. The van der Waals surface area contributed by atoms with E-state index in [1.165, 1.54) is 34.9 Å². The summed E-state index contributed by atoms with van der Waals surface area (Å²) in [5, 5.41) is 6.20. The third kappa shape index (κ3) is 1.09. The predicted molar refractivity (Wildman–Crippen MR) is 60.8 cm³/mol. The number of hydrogen-bond donors (Lipinski definition) is 1. The number of rotatable bonds is 0. The lowest BCUT2D eigenvalue weighted by Gasteiger charge is -2.19. The summed E-state index contributed by atoms with van der Waals surface area (Å²) in [6.07, 6.45) is 2.47. The minimum Gasteiger partial charge on any atom is -0.384 e. The minimum atomic E-state index is 1.11. The van der Waals surface area contributed by atoms with Crippen molar-refractivity contribution in [1.82, 2.24) is 0 Å². The lowest BCUT2D eigenvalue weighted by atomic mass is 9.98. The molecule has 1 heterocycles. The Morgan fingerprint density at radius 2 is 1.93 bits per heavy atom. The van der Waals surface area contributed by atoms with Gasteiger partial charge >= 0.3 is 0 Å². The van der Waals surface area contributed by atoms with Gasteiger partial charge in [-0.25, -0.2) is 0 Å². The van der Waals surface area contributed by atoms with E-state index in [1.54, 1.807) is 0 Å². The number of benzene rings is 2. The van der Waals surface area contributed by atoms with Gasteiger partial charge in [-0.1, -0.05) is 36.4 Å². The molecule has 1 N–H and O–H groups in total. The first-order valence-electron chi connectivity index (χ1n) is 5.20. The number of hydrogen-bond acceptors (Lipinski definition) is 1. The molecule has 0 bridgehead atoms. The van der Waals surface area contributed by atoms with E-state index in [0.29, 0.717) is 0 Å². The molecule has 1 aliphatic rings. The Kier molecular flexibility index (Phi) is 1.69. The van der Waals surface area contributed by atoms with E-state index in [4.69, 9.17) is 0 Å². The van der Waals surface area contributed by atoms with Crippen molar-refractivity contribution in [2.45, 2.75) is 12.8 Å². The second-order valence-electron chi connectivity index (χ2n) is 3.85. The fourth-order valence-corrected chi connectivity index (χ4v) is 2.23. The van der Waals surface area contributed by atoms with Gasteiger partial charge in [-0.3, -0.25) is 0 Å². The summed E-state index contributed by atoms with van der Waals surface area (Å²) in [5.74, 6) is 0. The molecule has 0 saturated carbocycles. The van der Waals surface area contributed by atoms with Crippen LogP contribution in [-0.4, -0.2) is 6.54 Å². The van der Waals surface area contributed by atoms with E-state index < -0.39 is 0 Å². The lowest BCUT2D eigenvalue weighted by molar-refractivity contribution is 0.833. The summed E-state index contributed by atoms with van der Waals surface area (Å²) < 4.78 is 0. The summed E-state index contributed by atoms with van der Waals surface area (Å²) in [6, 6.07) is 13.1. The average molecular weight is 183 g/mol.